The van der Waals surface area contributed by atoms with Crippen LogP contribution in [0.5, 0.6) is 11.5 Å². The number of aryl methyl sites for hydroxylation is 1. The highest BCUT2D eigenvalue weighted by Crippen LogP contribution is 2.24. The van der Waals surface area contributed by atoms with Crippen LogP contribution in [-0.2, 0) is 4.74 Å². The van der Waals surface area contributed by atoms with Crippen LogP contribution in [0.15, 0.2) is 42.5 Å². The summed E-state index contributed by atoms with van der Waals surface area (Å²) in [5, 5.41) is 9.83. The molecule has 0 radical (unpaired) electrons. The number of methoxy groups -OCH3 is 1. The maximum absolute atomic E-state index is 12.2. The topological polar surface area (TPSA) is 72.8 Å². The first-order valence-corrected chi connectivity index (χ1v) is 7.11. The third kappa shape index (κ3) is 3.88. The van der Waals surface area contributed by atoms with Crippen molar-refractivity contribution in [1.82, 2.24) is 0 Å². The van der Waals surface area contributed by atoms with Gasteiger partial charge in [0, 0.05) is 11.6 Å². The smallest absolute Gasteiger partial charge is 0.342 e. The molecule has 23 heavy (non-hydrogen) atoms. The van der Waals surface area contributed by atoms with E-state index in [9.17, 15) is 14.7 Å². The van der Waals surface area contributed by atoms with Crippen LogP contribution in [0.4, 0.5) is 0 Å². The number of hydrogen-bond acceptors (Lipinski definition) is 5. The molecule has 1 N–H and O–H groups in total. The van der Waals surface area contributed by atoms with E-state index in [1.807, 2.05) is 19.1 Å². The van der Waals surface area contributed by atoms with E-state index in [0.717, 1.165) is 5.56 Å². The van der Waals surface area contributed by atoms with Crippen LogP contribution in [0.3, 0.4) is 0 Å². The van der Waals surface area contributed by atoms with E-state index < -0.39 is 12.1 Å². The second-order valence-electron chi connectivity index (χ2n) is 5.16. The Bertz CT molecular complexity index is 719. The summed E-state index contributed by atoms with van der Waals surface area (Å²) in [6, 6.07) is 11.2. The minimum absolute atomic E-state index is 0.0191. The number of hydrogen-bond donors (Lipinski definition) is 1. The summed E-state index contributed by atoms with van der Waals surface area (Å²) in [5.74, 6) is -0.906. The van der Waals surface area contributed by atoms with Crippen molar-refractivity contribution in [3.63, 3.8) is 0 Å². The Hall–Kier alpha value is -2.82. The number of ketones is 1. The third-order valence-electron chi connectivity index (χ3n) is 3.41. The van der Waals surface area contributed by atoms with Crippen molar-refractivity contribution in [2.75, 3.05) is 7.11 Å². The Morgan fingerprint density at radius 2 is 1.74 bits per heavy atom. The van der Waals surface area contributed by atoms with Gasteiger partial charge in [0.05, 0.1) is 7.11 Å². The third-order valence-corrected chi connectivity index (χ3v) is 3.41. The van der Waals surface area contributed by atoms with Crippen LogP contribution >= 0.6 is 0 Å². The van der Waals surface area contributed by atoms with E-state index in [1.165, 1.54) is 32.2 Å². The average Bonchev–Trinajstić information content (AvgIpc) is 2.54. The van der Waals surface area contributed by atoms with Gasteiger partial charge >= 0.3 is 5.97 Å². The Balaban J connectivity index is 2.10. The van der Waals surface area contributed by atoms with Crippen molar-refractivity contribution in [1.29, 1.82) is 0 Å². The standard InChI is InChI=1S/C18H18O5/c1-11-4-6-13(7-5-11)17(20)12(2)23-18(21)15-9-8-14(22-3)10-16(15)19/h4-10,12,19H,1-3H3. The van der Waals surface area contributed by atoms with Crippen LogP contribution in [0, 0.1) is 6.92 Å². The summed E-state index contributed by atoms with van der Waals surface area (Å²) >= 11 is 0. The zero-order valence-corrected chi connectivity index (χ0v) is 13.2. The molecule has 1 atom stereocenters. The molecule has 0 saturated carbocycles. The number of carbonyl (C=O) groups is 2. The largest absolute Gasteiger partial charge is 0.507 e. The normalized spacial score (nSPS) is 11.6. The number of phenolic OH excluding ortho intramolecular Hbond substituents is 1. The van der Waals surface area contributed by atoms with E-state index in [-0.39, 0.29) is 17.1 Å². The fourth-order valence-electron chi connectivity index (χ4n) is 2.04. The zero-order chi connectivity index (χ0) is 17.0. The predicted octanol–water partition coefficient (Wildman–Crippen LogP) is 3.14. The number of rotatable bonds is 5. The maximum Gasteiger partial charge on any atom is 0.342 e. The van der Waals surface area contributed by atoms with E-state index in [2.05, 4.69) is 0 Å². The van der Waals surface area contributed by atoms with Crippen LogP contribution in [0.1, 0.15) is 33.2 Å². The SMILES string of the molecule is COc1ccc(C(=O)OC(C)C(=O)c2ccc(C)cc2)c(O)c1. The lowest BCUT2D eigenvalue weighted by atomic mass is 10.1. The first-order valence-electron chi connectivity index (χ1n) is 7.11. The minimum atomic E-state index is -0.952. The zero-order valence-electron chi connectivity index (χ0n) is 13.2. The van der Waals surface area contributed by atoms with Gasteiger partial charge in [-0.25, -0.2) is 4.79 Å². The van der Waals surface area contributed by atoms with Gasteiger partial charge in [-0.3, -0.25) is 4.79 Å². The molecular formula is C18H18O5. The number of phenols is 1. The molecule has 0 heterocycles. The van der Waals surface area contributed by atoms with Gasteiger partial charge < -0.3 is 14.6 Å². The van der Waals surface area contributed by atoms with Gasteiger partial charge in [-0.1, -0.05) is 29.8 Å². The van der Waals surface area contributed by atoms with Gasteiger partial charge in [-0.2, -0.15) is 0 Å². The van der Waals surface area contributed by atoms with Crippen molar-refractivity contribution in [2.24, 2.45) is 0 Å². The lowest BCUT2D eigenvalue weighted by Crippen LogP contribution is -2.24. The molecule has 0 bridgehead atoms. The van der Waals surface area contributed by atoms with E-state index >= 15 is 0 Å². The highest BCUT2D eigenvalue weighted by molar-refractivity contribution is 6.01. The molecule has 2 rings (SSSR count). The average molecular weight is 314 g/mol. The van der Waals surface area contributed by atoms with Gasteiger partial charge in [0.1, 0.15) is 17.1 Å². The van der Waals surface area contributed by atoms with Crippen LogP contribution in [0.25, 0.3) is 0 Å². The number of benzene rings is 2. The molecule has 0 aliphatic rings. The molecule has 1 unspecified atom stereocenters. The predicted molar refractivity (Wildman–Crippen MR) is 85.0 cm³/mol. The molecule has 0 aliphatic heterocycles. The number of Topliss-reactive ketones (excluding diaryl/α,β-unsaturated/α-hetero) is 1. The molecule has 0 fully saturated rings. The summed E-state index contributed by atoms with van der Waals surface area (Å²) in [4.78, 5) is 24.3. The van der Waals surface area contributed by atoms with Gasteiger partial charge in [-0.15, -0.1) is 0 Å². The monoisotopic (exact) mass is 314 g/mol. The maximum atomic E-state index is 12.2. The Morgan fingerprint density at radius 1 is 1.09 bits per heavy atom. The Labute approximate surface area is 134 Å². The molecule has 5 nitrogen and oxygen atoms in total. The van der Waals surface area contributed by atoms with Crippen molar-refractivity contribution in [3.8, 4) is 11.5 Å². The van der Waals surface area contributed by atoms with E-state index in [4.69, 9.17) is 9.47 Å². The summed E-state index contributed by atoms with van der Waals surface area (Å²) in [5.41, 5.74) is 1.48. The highest BCUT2D eigenvalue weighted by Gasteiger charge is 2.22. The molecule has 2 aromatic rings. The van der Waals surface area contributed by atoms with Crippen molar-refractivity contribution >= 4 is 11.8 Å². The molecular weight excluding hydrogens is 296 g/mol. The van der Waals surface area contributed by atoms with E-state index in [1.54, 1.807) is 12.1 Å². The first-order chi connectivity index (χ1) is 10.9. The van der Waals surface area contributed by atoms with E-state index in [0.29, 0.717) is 11.3 Å². The number of carbonyl (C=O) groups excluding carboxylic acids is 2. The summed E-state index contributed by atoms with van der Waals surface area (Å²) < 4.78 is 10.1. The van der Waals surface area contributed by atoms with Gasteiger partial charge in [-0.05, 0) is 26.0 Å². The van der Waals surface area contributed by atoms with Gasteiger partial charge in [0.25, 0.3) is 0 Å². The van der Waals surface area contributed by atoms with Crippen LogP contribution < -0.4 is 4.74 Å². The minimum Gasteiger partial charge on any atom is -0.507 e. The van der Waals surface area contributed by atoms with Crippen LogP contribution in [-0.4, -0.2) is 30.1 Å². The number of ether oxygens (including phenoxy) is 2. The van der Waals surface area contributed by atoms with Gasteiger partial charge in [0.15, 0.2) is 6.10 Å². The molecule has 120 valence electrons. The molecule has 0 aromatic heterocycles. The number of esters is 1. The lowest BCUT2D eigenvalue weighted by Gasteiger charge is -2.13. The second kappa shape index (κ2) is 6.96. The van der Waals surface area contributed by atoms with Crippen molar-refractivity contribution in [2.45, 2.75) is 20.0 Å². The summed E-state index contributed by atoms with van der Waals surface area (Å²) in [6.07, 6.45) is -0.952. The summed E-state index contributed by atoms with van der Waals surface area (Å²) in [7, 11) is 1.45. The fraction of sp³-hybridized carbons (Fsp3) is 0.222. The number of aromatic hydroxyl groups is 1. The van der Waals surface area contributed by atoms with Crippen LogP contribution in [0.2, 0.25) is 0 Å². The highest BCUT2D eigenvalue weighted by atomic mass is 16.5. The molecule has 0 aliphatic carbocycles. The van der Waals surface area contributed by atoms with Crippen molar-refractivity contribution in [3.05, 3.63) is 59.2 Å². The second-order valence-corrected chi connectivity index (χ2v) is 5.16. The lowest BCUT2D eigenvalue weighted by molar-refractivity contribution is 0.0316. The Kier molecular flexibility index (Phi) is 5.01. The summed E-state index contributed by atoms with van der Waals surface area (Å²) in [6.45, 7) is 3.42. The molecule has 0 saturated heterocycles. The molecule has 2 aromatic carbocycles. The van der Waals surface area contributed by atoms with Gasteiger partial charge in [0.2, 0.25) is 5.78 Å². The molecule has 0 spiro atoms. The molecule has 5 heteroatoms. The first kappa shape index (κ1) is 16.5. The molecule has 0 amide bonds. The quantitative estimate of drug-likeness (QED) is 0.678. The fourth-order valence-corrected chi connectivity index (χ4v) is 2.04. The van der Waals surface area contributed by atoms with Crippen molar-refractivity contribution < 1.29 is 24.2 Å². The Morgan fingerprint density at radius 3 is 2.30 bits per heavy atom.